The minimum Gasteiger partial charge on any atom is -0.504 e. The van der Waals surface area contributed by atoms with Crippen molar-refractivity contribution in [3.63, 3.8) is 0 Å². The van der Waals surface area contributed by atoms with E-state index in [1.807, 2.05) is 6.07 Å². The van der Waals surface area contributed by atoms with Gasteiger partial charge in [-0.3, -0.25) is 4.90 Å². The number of likely N-dealkylation sites (tertiary alicyclic amines) is 1. The quantitative estimate of drug-likeness (QED) is 0.809. The second kappa shape index (κ2) is 6.04. The number of hydrogen-bond acceptors (Lipinski definition) is 3. The number of hydrogen-bond donors (Lipinski definition) is 2. The SMILES string of the molecule is CC(C)(C)c1cc(O)c(O)c(CN2CCCCCC2)c1. The highest BCUT2D eigenvalue weighted by atomic mass is 16.3. The Morgan fingerprint density at radius 1 is 1.00 bits per heavy atom. The largest absolute Gasteiger partial charge is 0.504 e. The highest BCUT2D eigenvalue weighted by Crippen LogP contribution is 2.36. The molecule has 1 aliphatic heterocycles. The first-order valence-electron chi connectivity index (χ1n) is 7.65. The predicted molar refractivity (Wildman–Crippen MR) is 82.2 cm³/mol. The van der Waals surface area contributed by atoms with Crippen molar-refractivity contribution < 1.29 is 10.2 Å². The minimum atomic E-state index is -0.0291. The lowest BCUT2D eigenvalue weighted by Gasteiger charge is -2.24. The fourth-order valence-electron chi connectivity index (χ4n) is 2.77. The molecule has 112 valence electrons. The van der Waals surface area contributed by atoms with Gasteiger partial charge in [-0.25, -0.2) is 0 Å². The Kier molecular flexibility index (Phi) is 4.59. The molecule has 3 nitrogen and oxygen atoms in total. The van der Waals surface area contributed by atoms with E-state index < -0.39 is 0 Å². The first-order valence-corrected chi connectivity index (χ1v) is 7.65. The number of benzene rings is 1. The van der Waals surface area contributed by atoms with Gasteiger partial charge in [-0.1, -0.05) is 39.7 Å². The average molecular weight is 277 g/mol. The van der Waals surface area contributed by atoms with E-state index in [9.17, 15) is 10.2 Å². The van der Waals surface area contributed by atoms with Gasteiger partial charge in [0.25, 0.3) is 0 Å². The van der Waals surface area contributed by atoms with E-state index in [0.717, 1.165) is 30.8 Å². The van der Waals surface area contributed by atoms with Crippen LogP contribution in [0.1, 0.15) is 57.6 Å². The summed E-state index contributed by atoms with van der Waals surface area (Å²) in [6.07, 6.45) is 5.06. The molecular formula is C17H27NO2. The maximum atomic E-state index is 10.1. The normalized spacial score (nSPS) is 17.9. The zero-order chi connectivity index (χ0) is 14.8. The van der Waals surface area contributed by atoms with Gasteiger partial charge in [-0.15, -0.1) is 0 Å². The summed E-state index contributed by atoms with van der Waals surface area (Å²) in [5, 5.41) is 20.1. The van der Waals surface area contributed by atoms with Crippen LogP contribution in [0.2, 0.25) is 0 Å². The smallest absolute Gasteiger partial charge is 0.162 e. The monoisotopic (exact) mass is 277 g/mol. The van der Waals surface area contributed by atoms with Crippen LogP contribution in [0.15, 0.2) is 12.1 Å². The molecule has 0 atom stereocenters. The molecule has 0 spiro atoms. The molecule has 1 saturated heterocycles. The molecule has 3 heteroatoms. The van der Waals surface area contributed by atoms with Gasteiger partial charge < -0.3 is 10.2 Å². The summed E-state index contributed by atoms with van der Waals surface area (Å²) in [7, 11) is 0. The van der Waals surface area contributed by atoms with E-state index >= 15 is 0 Å². The van der Waals surface area contributed by atoms with Gasteiger partial charge in [-0.05, 0) is 43.0 Å². The van der Waals surface area contributed by atoms with Crippen LogP contribution in [0, 0.1) is 0 Å². The van der Waals surface area contributed by atoms with Crippen LogP contribution in [-0.4, -0.2) is 28.2 Å². The van der Waals surface area contributed by atoms with E-state index in [1.165, 1.54) is 25.7 Å². The van der Waals surface area contributed by atoms with E-state index in [-0.39, 0.29) is 16.9 Å². The molecule has 0 amide bonds. The fourth-order valence-corrected chi connectivity index (χ4v) is 2.77. The maximum absolute atomic E-state index is 10.1. The van der Waals surface area contributed by atoms with E-state index in [1.54, 1.807) is 6.07 Å². The maximum Gasteiger partial charge on any atom is 0.162 e. The van der Waals surface area contributed by atoms with Gasteiger partial charge in [0.2, 0.25) is 0 Å². The van der Waals surface area contributed by atoms with Crippen LogP contribution >= 0.6 is 0 Å². The van der Waals surface area contributed by atoms with Crippen molar-refractivity contribution in [3.8, 4) is 11.5 Å². The van der Waals surface area contributed by atoms with Crippen LogP contribution in [0.3, 0.4) is 0 Å². The first kappa shape index (κ1) is 15.2. The Bertz CT molecular complexity index is 455. The van der Waals surface area contributed by atoms with Crippen molar-refractivity contribution in [1.29, 1.82) is 0 Å². The third-order valence-corrected chi connectivity index (χ3v) is 4.13. The number of phenolic OH excluding ortho intramolecular Hbond substituents is 2. The molecule has 0 bridgehead atoms. The second-order valence-electron chi connectivity index (χ2n) is 6.94. The summed E-state index contributed by atoms with van der Waals surface area (Å²) >= 11 is 0. The van der Waals surface area contributed by atoms with Gasteiger partial charge in [0.1, 0.15) is 0 Å². The predicted octanol–water partition coefficient (Wildman–Crippen LogP) is 3.77. The second-order valence-corrected chi connectivity index (χ2v) is 6.94. The molecule has 0 aromatic heterocycles. The average Bonchev–Trinajstić information content (AvgIpc) is 2.62. The molecule has 2 N–H and O–H groups in total. The third kappa shape index (κ3) is 3.66. The summed E-state index contributed by atoms with van der Waals surface area (Å²) in [5.74, 6) is 0.0458. The Morgan fingerprint density at radius 2 is 1.60 bits per heavy atom. The van der Waals surface area contributed by atoms with Crippen molar-refractivity contribution in [1.82, 2.24) is 4.90 Å². The molecule has 1 fully saturated rings. The third-order valence-electron chi connectivity index (χ3n) is 4.13. The van der Waals surface area contributed by atoms with Crippen molar-refractivity contribution in [2.75, 3.05) is 13.1 Å². The standard InChI is InChI=1S/C17H27NO2/c1-17(2,3)14-10-13(16(20)15(19)11-14)12-18-8-6-4-5-7-9-18/h10-11,19-20H,4-9,12H2,1-3H3. The van der Waals surface area contributed by atoms with Crippen molar-refractivity contribution in [3.05, 3.63) is 23.3 Å². The lowest BCUT2D eigenvalue weighted by atomic mass is 9.85. The molecule has 0 radical (unpaired) electrons. The Hall–Kier alpha value is -1.22. The van der Waals surface area contributed by atoms with Crippen LogP contribution in [0.25, 0.3) is 0 Å². The summed E-state index contributed by atoms with van der Waals surface area (Å²) < 4.78 is 0. The molecule has 20 heavy (non-hydrogen) atoms. The van der Waals surface area contributed by atoms with Crippen LogP contribution < -0.4 is 0 Å². The van der Waals surface area contributed by atoms with Crippen LogP contribution in [0.4, 0.5) is 0 Å². The van der Waals surface area contributed by atoms with Crippen molar-refractivity contribution in [2.24, 2.45) is 0 Å². The van der Waals surface area contributed by atoms with Crippen LogP contribution in [0.5, 0.6) is 11.5 Å². The summed E-state index contributed by atoms with van der Waals surface area (Å²) in [5.41, 5.74) is 1.88. The molecule has 0 aliphatic carbocycles. The molecule has 0 saturated carbocycles. The zero-order valence-electron chi connectivity index (χ0n) is 12.9. The topological polar surface area (TPSA) is 43.7 Å². The van der Waals surface area contributed by atoms with Crippen molar-refractivity contribution in [2.45, 2.75) is 58.4 Å². The van der Waals surface area contributed by atoms with E-state index in [0.29, 0.717) is 0 Å². The molecule has 1 aliphatic rings. The highest BCUT2D eigenvalue weighted by molar-refractivity contribution is 5.49. The Labute approximate surface area is 122 Å². The zero-order valence-corrected chi connectivity index (χ0v) is 12.9. The summed E-state index contributed by atoms with van der Waals surface area (Å²) in [6, 6.07) is 3.72. The molecule has 1 heterocycles. The Balaban J connectivity index is 2.23. The van der Waals surface area contributed by atoms with Gasteiger partial charge in [-0.2, -0.15) is 0 Å². The Morgan fingerprint density at radius 3 is 2.15 bits per heavy atom. The van der Waals surface area contributed by atoms with Gasteiger partial charge in [0, 0.05) is 12.1 Å². The molecular weight excluding hydrogens is 250 g/mol. The number of phenols is 2. The fraction of sp³-hybridized carbons (Fsp3) is 0.647. The van der Waals surface area contributed by atoms with E-state index in [2.05, 4.69) is 25.7 Å². The van der Waals surface area contributed by atoms with Gasteiger partial charge in [0.05, 0.1) is 0 Å². The number of nitrogens with zero attached hydrogens (tertiary/aromatic N) is 1. The lowest BCUT2D eigenvalue weighted by molar-refractivity contribution is 0.271. The van der Waals surface area contributed by atoms with E-state index in [4.69, 9.17) is 0 Å². The number of rotatable bonds is 2. The summed E-state index contributed by atoms with van der Waals surface area (Å²) in [6.45, 7) is 9.25. The van der Waals surface area contributed by atoms with Crippen molar-refractivity contribution >= 4 is 0 Å². The first-order chi connectivity index (χ1) is 9.38. The minimum absolute atomic E-state index is 0.00208. The highest BCUT2D eigenvalue weighted by Gasteiger charge is 2.20. The lowest BCUT2D eigenvalue weighted by Crippen LogP contribution is -2.24. The van der Waals surface area contributed by atoms with Crippen LogP contribution in [-0.2, 0) is 12.0 Å². The molecule has 1 aromatic carbocycles. The van der Waals surface area contributed by atoms with Gasteiger partial charge in [0.15, 0.2) is 11.5 Å². The summed E-state index contributed by atoms with van der Waals surface area (Å²) in [4.78, 5) is 2.38. The molecule has 1 aromatic rings. The number of aromatic hydroxyl groups is 2. The van der Waals surface area contributed by atoms with Gasteiger partial charge >= 0.3 is 0 Å². The molecule has 0 unspecified atom stereocenters. The molecule has 2 rings (SSSR count).